The summed E-state index contributed by atoms with van der Waals surface area (Å²) in [4.78, 5) is 22.7. The third kappa shape index (κ3) is 3.28. The van der Waals surface area contributed by atoms with Crippen LogP contribution in [0.3, 0.4) is 0 Å². The monoisotopic (exact) mass is 341 g/mol. The highest BCUT2D eigenvalue weighted by Gasteiger charge is 2.35. The molecule has 2 aromatic rings. The van der Waals surface area contributed by atoms with Crippen LogP contribution in [0.5, 0.6) is 11.5 Å². The average molecular weight is 341 g/mol. The first-order valence-corrected chi connectivity index (χ1v) is 8.32. The Labute approximate surface area is 145 Å². The maximum atomic E-state index is 12.8. The van der Waals surface area contributed by atoms with Gasteiger partial charge in [-0.25, -0.2) is 0 Å². The predicted octanol–water partition coefficient (Wildman–Crippen LogP) is 0.923. The van der Waals surface area contributed by atoms with Crippen molar-refractivity contribution in [3.05, 3.63) is 48.0 Å². The molecule has 1 aromatic heterocycles. The number of hydrogen-bond donors (Lipinski definition) is 1. The van der Waals surface area contributed by atoms with E-state index in [0.29, 0.717) is 49.8 Å². The summed E-state index contributed by atoms with van der Waals surface area (Å²) in [6, 6.07) is 5.20. The van der Waals surface area contributed by atoms with Crippen LogP contribution in [-0.4, -0.2) is 58.3 Å². The molecule has 0 spiro atoms. The van der Waals surface area contributed by atoms with Gasteiger partial charge in [0.15, 0.2) is 11.5 Å². The van der Waals surface area contributed by atoms with Crippen molar-refractivity contribution in [2.75, 3.05) is 26.3 Å². The van der Waals surface area contributed by atoms with E-state index >= 15 is 0 Å². The Balaban J connectivity index is 1.46. The zero-order chi connectivity index (χ0) is 17.2. The Kier molecular flexibility index (Phi) is 4.23. The minimum absolute atomic E-state index is 0.0436. The molecular weight excluding hydrogens is 322 g/mol. The molecule has 7 heteroatoms. The summed E-state index contributed by atoms with van der Waals surface area (Å²) in [6.07, 6.45) is 4.97. The molecule has 0 aliphatic carbocycles. The van der Waals surface area contributed by atoms with Crippen molar-refractivity contribution in [1.82, 2.24) is 14.9 Å². The van der Waals surface area contributed by atoms with Gasteiger partial charge >= 0.3 is 0 Å². The number of amides is 1. The number of hydrogen-bond acceptors (Lipinski definition) is 6. The highest BCUT2D eigenvalue weighted by Crippen LogP contribution is 2.32. The van der Waals surface area contributed by atoms with Crippen molar-refractivity contribution >= 4 is 5.91 Å². The minimum atomic E-state index is -0.567. The molecule has 0 radical (unpaired) electrons. The number of β-amino-alcohol motifs (C(OH)–C–C–N with tert-alkyl or cyclic N) is 1. The number of carbonyl (C=O) groups is 1. The number of aliphatic hydroxyl groups is 1. The molecule has 2 aliphatic rings. The number of fused-ring (bicyclic) bond motifs is 1. The molecular formula is C18H19N3O4. The number of likely N-dealkylation sites (tertiary alicyclic amines) is 1. The van der Waals surface area contributed by atoms with Gasteiger partial charge in [0, 0.05) is 43.2 Å². The molecule has 3 heterocycles. The molecule has 7 nitrogen and oxygen atoms in total. The summed E-state index contributed by atoms with van der Waals surface area (Å²) in [6.45, 7) is 1.80. The Morgan fingerprint density at radius 2 is 2.04 bits per heavy atom. The van der Waals surface area contributed by atoms with Crippen LogP contribution in [0.15, 0.2) is 36.8 Å². The van der Waals surface area contributed by atoms with Gasteiger partial charge in [0.25, 0.3) is 5.91 Å². The van der Waals surface area contributed by atoms with Crippen molar-refractivity contribution in [1.29, 1.82) is 0 Å². The molecule has 0 bridgehead atoms. The summed E-state index contributed by atoms with van der Waals surface area (Å²) < 4.78 is 11.0. The lowest BCUT2D eigenvalue weighted by molar-refractivity contribution is 0.0763. The number of benzene rings is 1. The Bertz CT molecular complexity index is 768. The summed E-state index contributed by atoms with van der Waals surface area (Å²) >= 11 is 0. The first-order chi connectivity index (χ1) is 12.2. The van der Waals surface area contributed by atoms with Gasteiger partial charge in [-0.3, -0.25) is 14.8 Å². The number of aromatic nitrogens is 2. The van der Waals surface area contributed by atoms with E-state index in [1.165, 1.54) is 0 Å². The van der Waals surface area contributed by atoms with Gasteiger partial charge < -0.3 is 19.5 Å². The van der Waals surface area contributed by atoms with Crippen LogP contribution < -0.4 is 9.47 Å². The van der Waals surface area contributed by atoms with E-state index < -0.39 is 6.10 Å². The van der Waals surface area contributed by atoms with Crippen LogP contribution in [0.25, 0.3) is 0 Å². The van der Waals surface area contributed by atoms with E-state index in [9.17, 15) is 9.90 Å². The van der Waals surface area contributed by atoms with Crippen LogP contribution in [-0.2, 0) is 6.42 Å². The molecule has 1 N–H and O–H groups in total. The molecule has 2 aliphatic heterocycles. The smallest absolute Gasteiger partial charge is 0.254 e. The number of ether oxygens (including phenoxy) is 2. The summed E-state index contributed by atoms with van der Waals surface area (Å²) in [5, 5.41) is 10.3. The molecule has 25 heavy (non-hydrogen) atoms. The first kappa shape index (κ1) is 15.8. The fourth-order valence-electron chi connectivity index (χ4n) is 3.28. The molecule has 0 saturated carbocycles. The van der Waals surface area contributed by atoms with Crippen molar-refractivity contribution in [2.24, 2.45) is 5.92 Å². The van der Waals surface area contributed by atoms with E-state index in [1.807, 2.05) is 0 Å². The van der Waals surface area contributed by atoms with Gasteiger partial charge in [-0.05, 0) is 24.6 Å². The van der Waals surface area contributed by atoms with Gasteiger partial charge in [0.2, 0.25) is 0 Å². The van der Waals surface area contributed by atoms with E-state index in [1.54, 1.807) is 41.7 Å². The molecule has 1 aromatic carbocycles. The molecule has 130 valence electrons. The lowest BCUT2D eigenvalue weighted by atomic mass is 10.0. The average Bonchev–Trinajstić information content (AvgIpc) is 3.02. The van der Waals surface area contributed by atoms with Gasteiger partial charge in [-0.1, -0.05) is 0 Å². The van der Waals surface area contributed by atoms with E-state index in [4.69, 9.17) is 9.47 Å². The van der Waals surface area contributed by atoms with Crippen LogP contribution in [0, 0.1) is 5.92 Å². The topological polar surface area (TPSA) is 84.8 Å². The zero-order valence-electron chi connectivity index (χ0n) is 13.7. The fraction of sp³-hybridized carbons (Fsp3) is 0.389. The first-order valence-electron chi connectivity index (χ1n) is 8.32. The molecule has 2 atom stereocenters. The molecule has 0 unspecified atom stereocenters. The lowest BCUT2D eigenvalue weighted by Crippen LogP contribution is -2.29. The maximum Gasteiger partial charge on any atom is 0.254 e. The highest BCUT2D eigenvalue weighted by atomic mass is 16.6. The second-order valence-corrected chi connectivity index (χ2v) is 6.30. The van der Waals surface area contributed by atoms with Gasteiger partial charge in [-0.2, -0.15) is 0 Å². The van der Waals surface area contributed by atoms with Crippen molar-refractivity contribution in [3.63, 3.8) is 0 Å². The lowest BCUT2D eigenvalue weighted by Gasteiger charge is -2.20. The highest BCUT2D eigenvalue weighted by molar-refractivity contribution is 5.95. The van der Waals surface area contributed by atoms with Gasteiger partial charge in [-0.15, -0.1) is 0 Å². The quantitative estimate of drug-likeness (QED) is 0.894. The van der Waals surface area contributed by atoms with Crippen LogP contribution in [0.1, 0.15) is 16.1 Å². The van der Waals surface area contributed by atoms with E-state index in [-0.39, 0.29) is 11.8 Å². The molecule has 1 saturated heterocycles. The second-order valence-electron chi connectivity index (χ2n) is 6.30. The van der Waals surface area contributed by atoms with Crippen LogP contribution in [0.4, 0.5) is 0 Å². The van der Waals surface area contributed by atoms with E-state index in [2.05, 4.69) is 9.97 Å². The van der Waals surface area contributed by atoms with E-state index in [0.717, 1.165) is 5.69 Å². The zero-order valence-corrected chi connectivity index (χ0v) is 13.7. The van der Waals surface area contributed by atoms with Crippen molar-refractivity contribution in [3.8, 4) is 11.5 Å². The maximum absolute atomic E-state index is 12.8. The standard InChI is InChI=1S/C18H19N3O4/c22-15-11-21(10-13(15)7-14-9-19-3-4-20-14)18(23)12-1-2-16-17(8-12)25-6-5-24-16/h1-4,8-9,13,15,22H,5-7,10-11H2/t13-,15-/m1/s1. The Morgan fingerprint density at radius 3 is 2.84 bits per heavy atom. The number of rotatable bonds is 3. The second kappa shape index (κ2) is 6.68. The third-order valence-corrected chi connectivity index (χ3v) is 4.57. The van der Waals surface area contributed by atoms with Crippen LogP contribution >= 0.6 is 0 Å². The predicted molar refractivity (Wildman–Crippen MR) is 88.6 cm³/mol. The fourth-order valence-corrected chi connectivity index (χ4v) is 3.28. The summed E-state index contributed by atoms with van der Waals surface area (Å²) in [5.74, 6) is 1.09. The summed E-state index contributed by atoms with van der Waals surface area (Å²) in [7, 11) is 0. The Hall–Kier alpha value is -2.67. The van der Waals surface area contributed by atoms with Gasteiger partial charge in [0.1, 0.15) is 13.2 Å². The Morgan fingerprint density at radius 1 is 1.20 bits per heavy atom. The summed E-state index contributed by atoms with van der Waals surface area (Å²) in [5.41, 5.74) is 1.36. The number of nitrogens with zero attached hydrogens (tertiary/aromatic N) is 3. The van der Waals surface area contributed by atoms with Gasteiger partial charge in [0.05, 0.1) is 11.8 Å². The normalized spacial score (nSPS) is 22.0. The van der Waals surface area contributed by atoms with Crippen molar-refractivity contribution in [2.45, 2.75) is 12.5 Å². The third-order valence-electron chi connectivity index (χ3n) is 4.57. The molecule has 1 fully saturated rings. The SMILES string of the molecule is O=C(c1ccc2c(c1)OCCO2)N1C[C@@H](Cc2cnccn2)[C@H](O)C1. The molecule has 4 rings (SSSR count). The molecule has 1 amide bonds. The number of aliphatic hydroxyl groups excluding tert-OH is 1. The largest absolute Gasteiger partial charge is 0.486 e. The minimum Gasteiger partial charge on any atom is -0.486 e. The van der Waals surface area contributed by atoms with Crippen molar-refractivity contribution < 1.29 is 19.4 Å². The number of carbonyl (C=O) groups excluding carboxylic acids is 1. The van der Waals surface area contributed by atoms with Crippen LogP contribution in [0.2, 0.25) is 0 Å².